The first-order valence-electron chi connectivity index (χ1n) is 8.65. The number of carbonyl (C=O) groups is 1. The lowest BCUT2D eigenvalue weighted by atomic mass is 10.1. The van der Waals surface area contributed by atoms with Crippen molar-refractivity contribution in [2.24, 2.45) is 5.10 Å². The van der Waals surface area contributed by atoms with Crippen LogP contribution in [0.1, 0.15) is 47.3 Å². The summed E-state index contributed by atoms with van der Waals surface area (Å²) in [5.74, 6) is 0.415. The van der Waals surface area contributed by atoms with Crippen LogP contribution in [-0.4, -0.2) is 21.7 Å². The summed E-state index contributed by atoms with van der Waals surface area (Å²) in [6, 6.07) is 16.3. The minimum atomic E-state index is -0.247. The summed E-state index contributed by atoms with van der Waals surface area (Å²) in [5.41, 5.74) is 6.56. The van der Waals surface area contributed by atoms with Crippen LogP contribution in [0.15, 0.2) is 59.7 Å². The predicted molar refractivity (Wildman–Crippen MR) is 102 cm³/mol. The number of benzene rings is 2. The van der Waals surface area contributed by atoms with E-state index in [1.54, 1.807) is 24.3 Å². The molecule has 5 heteroatoms. The van der Waals surface area contributed by atoms with Crippen LogP contribution in [0.5, 0.6) is 5.75 Å². The number of phenols is 1. The van der Waals surface area contributed by atoms with E-state index in [2.05, 4.69) is 10.5 Å². The van der Waals surface area contributed by atoms with E-state index in [9.17, 15) is 9.90 Å². The van der Waals surface area contributed by atoms with Gasteiger partial charge in [-0.15, -0.1) is 0 Å². The number of aromatic hydroxyl groups is 1. The molecular weight excluding hydrogens is 326 g/mol. The lowest BCUT2D eigenvalue weighted by Gasteiger charge is -2.09. The topological polar surface area (TPSA) is 74.6 Å². The average Bonchev–Trinajstić information content (AvgIpc) is 3.51. The molecule has 1 aliphatic rings. The van der Waals surface area contributed by atoms with Crippen LogP contribution in [0, 0.1) is 0 Å². The molecule has 0 bridgehead atoms. The molecule has 1 aromatic heterocycles. The number of hydrogen-bond acceptors (Lipinski definition) is 4. The summed E-state index contributed by atoms with van der Waals surface area (Å²) in [7, 11) is 0. The van der Waals surface area contributed by atoms with Gasteiger partial charge in [0.25, 0.3) is 5.91 Å². The summed E-state index contributed by atoms with van der Waals surface area (Å²) < 4.78 is 0. The van der Waals surface area contributed by atoms with Gasteiger partial charge in [-0.1, -0.05) is 18.2 Å². The Labute approximate surface area is 151 Å². The van der Waals surface area contributed by atoms with E-state index in [4.69, 9.17) is 4.98 Å². The molecule has 2 aromatic carbocycles. The lowest BCUT2D eigenvalue weighted by molar-refractivity contribution is 0.0956. The van der Waals surface area contributed by atoms with Crippen molar-refractivity contribution in [2.75, 3.05) is 0 Å². The molecule has 2 N–H and O–H groups in total. The zero-order valence-corrected chi connectivity index (χ0v) is 14.4. The number of nitrogens with zero attached hydrogens (tertiary/aromatic N) is 2. The van der Waals surface area contributed by atoms with Crippen LogP contribution in [0.4, 0.5) is 0 Å². The number of carbonyl (C=O) groups excluding carboxylic acids is 1. The highest BCUT2D eigenvalue weighted by atomic mass is 16.3. The average molecular weight is 345 g/mol. The SMILES string of the molecule is CC(=NNC(=O)c1cc(C2CC2)nc2ccccc12)c1ccc(O)cc1. The van der Waals surface area contributed by atoms with Gasteiger partial charge < -0.3 is 5.11 Å². The second-order valence-corrected chi connectivity index (χ2v) is 6.57. The first-order valence-corrected chi connectivity index (χ1v) is 8.65. The Kier molecular flexibility index (Phi) is 4.13. The maximum atomic E-state index is 12.8. The van der Waals surface area contributed by atoms with Crippen molar-refractivity contribution in [1.29, 1.82) is 0 Å². The van der Waals surface area contributed by atoms with E-state index in [0.717, 1.165) is 35.0 Å². The summed E-state index contributed by atoms with van der Waals surface area (Å²) >= 11 is 0. The van der Waals surface area contributed by atoms with Gasteiger partial charge in [0.1, 0.15) is 5.75 Å². The van der Waals surface area contributed by atoms with E-state index >= 15 is 0 Å². The molecule has 1 fully saturated rings. The zero-order chi connectivity index (χ0) is 18.1. The van der Waals surface area contributed by atoms with Crippen molar-refractivity contribution in [3.8, 4) is 5.75 Å². The van der Waals surface area contributed by atoms with Gasteiger partial charge in [-0.3, -0.25) is 9.78 Å². The molecule has 0 spiro atoms. The van der Waals surface area contributed by atoms with Crippen LogP contribution in [0.3, 0.4) is 0 Å². The van der Waals surface area contributed by atoms with Gasteiger partial charge in [0.05, 0.1) is 16.8 Å². The fraction of sp³-hybridized carbons (Fsp3) is 0.190. The number of para-hydroxylation sites is 1. The third kappa shape index (κ3) is 3.28. The van der Waals surface area contributed by atoms with Gasteiger partial charge in [0.2, 0.25) is 0 Å². The van der Waals surface area contributed by atoms with Gasteiger partial charge in [0.15, 0.2) is 0 Å². The molecule has 5 nitrogen and oxygen atoms in total. The molecule has 26 heavy (non-hydrogen) atoms. The quantitative estimate of drug-likeness (QED) is 0.555. The van der Waals surface area contributed by atoms with Crippen molar-refractivity contribution in [1.82, 2.24) is 10.4 Å². The number of pyridine rings is 1. The number of amides is 1. The van der Waals surface area contributed by atoms with Crippen molar-refractivity contribution in [2.45, 2.75) is 25.7 Å². The fourth-order valence-electron chi connectivity index (χ4n) is 2.93. The Morgan fingerprint density at radius 1 is 1.15 bits per heavy atom. The summed E-state index contributed by atoms with van der Waals surface area (Å²) in [4.78, 5) is 17.4. The third-order valence-corrected chi connectivity index (χ3v) is 4.59. The van der Waals surface area contributed by atoms with Gasteiger partial charge in [-0.2, -0.15) is 5.10 Å². The largest absolute Gasteiger partial charge is 0.508 e. The number of nitrogens with one attached hydrogen (secondary N) is 1. The molecule has 1 saturated carbocycles. The van der Waals surface area contributed by atoms with Crippen molar-refractivity contribution in [3.63, 3.8) is 0 Å². The Hall–Kier alpha value is -3.21. The van der Waals surface area contributed by atoms with E-state index in [1.165, 1.54) is 0 Å². The van der Waals surface area contributed by atoms with E-state index in [-0.39, 0.29) is 11.7 Å². The standard InChI is InChI=1S/C21H19N3O2/c1-13(14-8-10-16(25)11-9-14)23-24-21(26)18-12-20(15-6-7-15)22-19-5-3-2-4-17(18)19/h2-5,8-12,15,25H,6-7H2,1H3,(H,24,26). The molecule has 0 radical (unpaired) electrons. The van der Waals surface area contributed by atoms with Crippen LogP contribution >= 0.6 is 0 Å². The van der Waals surface area contributed by atoms with Gasteiger partial charge in [-0.05, 0) is 61.7 Å². The Morgan fingerprint density at radius 2 is 1.88 bits per heavy atom. The van der Waals surface area contributed by atoms with Gasteiger partial charge in [0, 0.05) is 17.0 Å². The summed E-state index contributed by atoms with van der Waals surface area (Å²) in [5, 5.41) is 14.4. The van der Waals surface area contributed by atoms with Crippen molar-refractivity contribution >= 4 is 22.5 Å². The fourth-order valence-corrected chi connectivity index (χ4v) is 2.93. The molecule has 1 amide bonds. The van der Waals surface area contributed by atoms with Crippen LogP contribution in [-0.2, 0) is 0 Å². The molecule has 130 valence electrons. The molecule has 1 heterocycles. The molecule has 1 aliphatic carbocycles. The van der Waals surface area contributed by atoms with Crippen molar-refractivity contribution in [3.05, 3.63) is 71.4 Å². The smallest absolute Gasteiger partial charge is 0.272 e. The van der Waals surface area contributed by atoms with E-state index in [0.29, 0.717) is 17.2 Å². The maximum Gasteiger partial charge on any atom is 0.272 e. The predicted octanol–water partition coefficient (Wildman–Crippen LogP) is 3.97. The molecule has 0 saturated heterocycles. The second kappa shape index (κ2) is 6.59. The minimum Gasteiger partial charge on any atom is -0.508 e. The maximum absolute atomic E-state index is 12.8. The van der Waals surface area contributed by atoms with E-state index in [1.807, 2.05) is 37.3 Å². The second-order valence-electron chi connectivity index (χ2n) is 6.57. The summed E-state index contributed by atoms with van der Waals surface area (Å²) in [6.45, 7) is 1.81. The normalized spacial score (nSPS) is 14.4. The van der Waals surface area contributed by atoms with Gasteiger partial charge in [-0.25, -0.2) is 5.43 Å². The van der Waals surface area contributed by atoms with E-state index < -0.39 is 0 Å². The Balaban J connectivity index is 1.63. The monoisotopic (exact) mass is 345 g/mol. The number of aromatic nitrogens is 1. The molecule has 0 unspecified atom stereocenters. The molecule has 0 atom stereocenters. The number of hydrazone groups is 1. The third-order valence-electron chi connectivity index (χ3n) is 4.59. The minimum absolute atomic E-state index is 0.196. The number of hydrogen-bond donors (Lipinski definition) is 2. The molecule has 3 aromatic rings. The Bertz CT molecular complexity index is 1010. The zero-order valence-electron chi connectivity index (χ0n) is 14.4. The highest BCUT2D eigenvalue weighted by molar-refractivity contribution is 6.07. The number of rotatable bonds is 4. The highest BCUT2D eigenvalue weighted by Gasteiger charge is 2.26. The molecule has 4 rings (SSSR count). The summed E-state index contributed by atoms with van der Waals surface area (Å²) in [6.07, 6.45) is 2.26. The first-order chi connectivity index (χ1) is 12.6. The number of phenolic OH excluding ortho intramolecular Hbond substituents is 1. The van der Waals surface area contributed by atoms with Crippen LogP contribution in [0.2, 0.25) is 0 Å². The Morgan fingerprint density at radius 3 is 2.62 bits per heavy atom. The molecular formula is C21H19N3O2. The van der Waals surface area contributed by atoms with Crippen molar-refractivity contribution < 1.29 is 9.90 Å². The highest BCUT2D eigenvalue weighted by Crippen LogP contribution is 2.40. The van der Waals surface area contributed by atoms with Crippen LogP contribution in [0.25, 0.3) is 10.9 Å². The number of fused-ring (bicyclic) bond motifs is 1. The van der Waals surface area contributed by atoms with Gasteiger partial charge >= 0.3 is 0 Å². The lowest BCUT2D eigenvalue weighted by Crippen LogP contribution is -2.20. The van der Waals surface area contributed by atoms with Crippen LogP contribution < -0.4 is 5.43 Å². The molecule has 0 aliphatic heterocycles. The first kappa shape index (κ1) is 16.3.